The summed E-state index contributed by atoms with van der Waals surface area (Å²) in [6, 6.07) is 6.13. The van der Waals surface area contributed by atoms with E-state index in [1.807, 2.05) is 20.8 Å². The van der Waals surface area contributed by atoms with E-state index in [-0.39, 0.29) is 12.2 Å². The molecule has 3 rings (SSSR count). The van der Waals surface area contributed by atoms with Crippen LogP contribution in [0.5, 0.6) is 5.88 Å². The van der Waals surface area contributed by atoms with Crippen molar-refractivity contribution in [1.29, 1.82) is 0 Å². The minimum atomic E-state index is -0.876. The molecule has 0 atom stereocenters. The van der Waals surface area contributed by atoms with Crippen LogP contribution in [-0.4, -0.2) is 32.4 Å². The van der Waals surface area contributed by atoms with Crippen LogP contribution in [0.25, 0.3) is 16.7 Å². The largest absolute Gasteiger partial charge is 0.481 e. The number of benzene rings is 1. The van der Waals surface area contributed by atoms with Crippen LogP contribution in [0.3, 0.4) is 0 Å². The summed E-state index contributed by atoms with van der Waals surface area (Å²) in [6.07, 6.45) is 0.315. The van der Waals surface area contributed by atoms with Crippen LogP contribution >= 0.6 is 0 Å². The SMILES string of the molecule is CCOc1nc2c(c(C)nn2-c2cccc(F)c2)c(C)c1CCC(=O)O. The summed E-state index contributed by atoms with van der Waals surface area (Å²) in [7, 11) is 0. The van der Waals surface area contributed by atoms with Gasteiger partial charge in [-0.1, -0.05) is 6.07 Å². The number of ether oxygens (including phenoxy) is 1. The van der Waals surface area contributed by atoms with Crippen molar-refractivity contribution in [1.82, 2.24) is 14.8 Å². The van der Waals surface area contributed by atoms with E-state index in [4.69, 9.17) is 9.84 Å². The van der Waals surface area contributed by atoms with Gasteiger partial charge in [0.2, 0.25) is 5.88 Å². The summed E-state index contributed by atoms with van der Waals surface area (Å²) >= 11 is 0. The predicted octanol–water partition coefficient (Wildman–Crippen LogP) is 3.59. The Labute approximate surface area is 150 Å². The molecule has 0 saturated heterocycles. The van der Waals surface area contributed by atoms with E-state index in [1.54, 1.807) is 16.8 Å². The molecule has 1 aromatic carbocycles. The summed E-state index contributed by atoms with van der Waals surface area (Å²) in [5, 5.41) is 14.4. The Hall–Kier alpha value is -2.96. The molecular weight excluding hydrogens is 337 g/mol. The second-order valence-electron chi connectivity index (χ2n) is 6.02. The molecule has 0 bridgehead atoms. The monoisotopic (exact) mass is 357 g/mol. The standard InChI is InChI=1S/C19H20FN3O3/c1-4-26-19-15(8-9-16(24)25)11(2)17-12(3)22-23(18(17)21-19)14-7-5-6-13(20)10-14/h5-7,10H,4,8-9H2,1-3H3,(H,24,25). The van der Waals surface area contributed by atoms with Crippen LogP contribution in [-0.2, 0) is 11.2 Å². The molecule has 2 heterocycles. The first kappa shape index (κ1) is 17.8. The summed E-state index contributed by atoms with van der Waals surface area (Å²) < 4.78 is 20.9. The summed E-state index contributed by atoms with van der Waals surface area (Å²) in [4.78, 5) is 15.6. The Bertz CT molecular complexity index is 982. The molecule has 7 heteroatoms. The van der Waals surface area contributed by atoms with Crippen molar-refractivity contribution in [2.24, 2.45) is 0 Å². The van der Waals surface area contributed by atoms with E-state index in [2.05, 4.69) is 10.1 Å². The fraction of sp³-hybridized carbons (Fsp3) is 0.316. The number of carboxylic acid groups (broad SMARTS) is 1. The quantitative estimate of drug-likeness (QED) is 0.729. The van der Waals surface area contributed by atoms with Gasteiger partial charge in [0.1, 0.15) is 5.82 Å². The van der Waals surface area contributed by atoms with Gasteiger partial charge in [-0.05, 0) is 51.0 Å². The number of fused-ring (bicyclic) bond motifs is 1. The zero-order chi connectivity index (χ0) is 18.8. The molecule has 0 aliphatic heterocycles. The summed E-state index contributed by atoms with van der Waals surface area (Å²) in [5.41, 5.74) is 3.53. The van der Waals surface area contributed by atoms with Crippen LogP contribution in [0.4, 0.5) is 4.39 Å². The van der Waals surface area contributed by atoms with E-state index < -0.39 is 5.97 Å². The molecule has 0 aliphatic carbocycles. The highest BCUT2D eigenvalue weighted by atomic mass is 19.1. The van der Waals surface area contributed by atoms with Crippen molar-refractivity contribution >= 4 is 17.0 Å². The normalized spacial score (nSPS) is 11.1. The molecule has 2 aromatic heterocycles. The topological polar surface area (TPSA) is 77.2 Å². The molecule has 0 unspecified atom stereocenters. The van der Waals surface area contributed by atoms with Gasteiger partial charge in [0, 0.05) is 17.4 Å². The number of rotatable bonds is 6. The lowest BCUT2D eigenvalue weighted by Gasteiger charge is -2.13. The van der Waals surface area contributed by atoms with Gasteiger partial charge in [0.25, 0.3) is 0 Å². The van der Waals surface area contributed by atoms with Crippen LogP contribution in [0.15, 0.2) is 24.3 Å². The van der Waals surface area contributed by atoms with Crippen LogP contribution in [0, 0.1) is 19.7 Å². The molecule has 136 valence electrons. The minimum absolute atomic E-state index is 0.00875. The zero-order valence-corrected chi connectivity index (χ0v) is 14.9. The molecule has 26 heavy (non-hydrogen) atoms. The van der Waals surface area contributed by atoms with Crippen molar-refractivity contribution in [2.45, 2.75) is 33.6 Å². The Balaban J connectivity index is 2.24. The van der Waals surface area contributed by atoms with E-state index >= 15 is 0 Å². The van der Waals surface area contributed by atoms with Gasteiger partial charge < -0.3 is 9.84 Å². The average molecular weight is 357 g/mol. The fourth-order valence-corrected chi connectivity index (χ4v) is 3.10. The lowest BCUT2D eigenvalue weighted by Crippen LogP contribution is -2.07. The van der Waals surface area contributed by atoms with Gasteiger partial charge in [-0.25, -0.2) is 9.07 Å². The highest BCUT2D eigenvalue weighted by Gasteiger charge is 2.20. The van der Waals surface area contributed by atoms with Gasteiger partial charge in [0.15, 0.2) is 5.65 Å². The van der Waals surface area contributed by atoms with Crippen LogP contribution < -0.4 is 4.74 Å². The first-order valence-electron chi connectivity index (χ1n) is 8.41. The highest BCUT2D eigenvalue weighted by Crippen LogP contribution is 2.32. The Kier molecular flexibility index (Phi) is 4.88. The second-order valence-corrected chi connectivity index (χ2v) is 6.02. The van der Waals surface area contributed by atoms with Crippen molar-refractivity contribution in [3.63, 3.8) is 0 Å². The lowest BCUT2D eigenvalue weighted by molar-refractivity contribution is -0.136. The smallest absolute Gasteiger partial charge is 0.303 e. The molecule has 0 amide bonds. The van der Waals surface area contributed by atoms with E-state index in [0.29, 0.717) is 30.2 Å². The molecule has 0 aliphatic rings. The molecule has 3 aromatic rings. The Morgan fingerprint density at radius 2 is 2.12 bits per heavy atom. The maximum atomic E-state index is 13.6. The number of hydrogen-bond donors (Lipinski definition) is 1. The highest BCUT2D eigenvalue weighted by molar-refractivity contribution is 5.85. The fourth-order valence-electron chi connectivity index (χ4n) is 3.10. The van der Waals surface area contributed by atoms with Gasteiger partial charge in [-0.15, -0.1) is 0 Å². The Morgan fingerprint density at radius 3 is 2.77 bits per heavy atom. The molecule has 6 nitrogen and oxygen atoms in total. The maximum absolute atomic E-state index is 13.6. The first-order chi connectivity index (χ1) is 12.4. The molecule has 0 radical (unpaired) electrons. The lowest BCUT2D eigenvalue weighted by atomic mass is 10.0. The van der Waals surface area contributed by atoms with E-state index in [0.717, 1.165) is 22.2 Å². The zero-order valence-electron chi connectivity index (χ0n) is 14.9. The van der Waals surface area contributed by atoms with Gasteiger partial charge in [-0.2, -0.15) is 10.1 Å². The first-order valence-corrected chi connectivity index (χ1v) is 8.41. The van der Waals surface area contributed by atoms with Crippen molar-refractivity contribution in [3.05, 3.63) is 46.9 Å². The van der Waals surface area contributed by atoms with Crippen molar-refractivity contribution in [2.75, 3.05) is 6.61 Å². The van der Waals surface area contributed by atoms with Crippen LogP contribution in [0.2, 0.25) is 0 Å². The third-order valence-corrected chi connectivity index (χ3v) is 4.25. The van der Waals surface area contributed by atoms with E-state index in [1.165, 1.54) is 12.1 Å². The minimum Gasteiger partial charge on any atom is -0.481 e. The van der Waals surface area contributed by atoms with Gasteiger partial charge in [0.05, 0.1) is 18.0 Å². The number of nitrogens with zero attached hydrogens (tertiary/aromatic N) is 3. The number of carbonyl (C=O) groups is 1. The average Bonchev–Trinajstić information content (AvgIpc) is 2.91. The molecular formula is C19H20FN3O3. The maximum Gasteiger partial charge on any atom is 0.303 e. The summed E-state index contributed by atoms with van der Waals surface area (Å²) in [5.74, 6) is -0.834. The van der Waals surface area contributed by atoms with Gasteiger partial charge >= 0.3 is 5.97 Å². The summed E-state index contributed by atoms with van der Waals surface area (Å²) in [6.45, 7) is 6.02. The number of aliphatic carboxylic acids is 1. The number of carboxylic acids is 1. The van der Waals surface area contributed by atoms with Crippen molar-refractivity contribution < 1.29 is 19.0 Å². The number of hydrogen-bond acceptors (Lipinski definition) is 4. The molecule has 0 saturated carbocycles. The van der Waals surface area contributed by atoms with Gasteiger partial charge in [-0.3, -0.25) is 4.79 Å². The third kappa shape index (κ3) is 3.24. The number of aryl methyl sites for hydroxylation is 2. The van der Waals surface area contributed by atoms with E-state index in [9.17, 15) is 9.18 Å². The second kappa shape index (κ2) is 7.11. The molecule has 0 spiro atoms. The number of halogens is 1. The number of pyridine rings is 1. The van der Waals surface area contributed by atoms with Crippen LogP contribution in [0.1, 0.15) is 30.2 Å². The molecule has 1 N–H and O–H groups in total. The predicted molar refractivity (Wildman–Crippen MR) is 95.4 cm³/mol. The van der Waals surface area contributed by atoms with Crippen molar-refractivity contribution in [3.8, 4) is 11.6 Å². The number of aromatic nitrogens is 3. The third-order valence-electron chi connectivity index (χ3n) is 4.25. The molecule has 0 fully saturated rings. The Morgan fingerprint density at radius 1 is 1.35 bits per heavy atom.